The summed E-state index contributed by atoms with van der Waals surface area (Å²) in [5.74, 6) is 1.81. The quantitative estimate of drug-likeness (QED) is 0.274. The van der Waals surface area contributed by atoms with Gasteiger partial charge in [0.1, 0.15) is 0 Å². The Kier molecular flexibility index (Phi) is 10.8. The summed E-state index contributed by atoms with van der Waals surface area (Å²) in [6.07, 6.45) is 9.45. The summed E-state index contributed by atoms with van der Waals surface area (Å²) >= 11 is 0. The average Bonchev–Trinajstić information content (AvgIpc) is 2.99. The van der Waals surface area contributed by atoms with Crippen LogP contribution in [0.15, 0.2) is 17.6 Å². The van der Waals surface area contributed by atoms with Crippen LogP contribution in [0.2, 0.25) is 0 Å². The van der Waals surface area contributed by atoms with Crippen LogP contribution in [-0.2, 0) is 0 Å². The fraction of sp³-hybridized carbons (Fsp3) is 0.842. The number of rotatable bonds is 11. The second kappa shape index (κ2) is 12.4. The number of aliphatic imine (C=N–C) groups is 1. The first kappa shape index (κ1) is 20.0. The van der Waals surface area contributed by atoms with Gasteiger partial charge in [-0.1, -0.05) is 19.4 Å². The van der Waals surface area contributed by atoms with Crippen LogP contribution in [-0.4, -0.2) is 62.1 Å². The van der Waals surface area contributed by atoms with Crippen LogP contribution in [0, 0.1) is 5.92 Å². The lowest BCUT2D eigenvalue weighted by Gasteiger charge is -2.22. The molecule has 1 aliphatic rings. The average molecular weight is 323 g/mol. The molecular formula is C19H38N4. The van der Waals surface area contributed by atoms with Gasteiger partial charge < -0.3 is 15.1 Å². The Balaban J connectivity index is 2.35. The number of likely N-dealkylation sites (tertiary alicyclic amines) is 1. The summed E-state index contributed by atoms with van der Waals surface area (Å²) in [7, 11) is 2.16. The Morgan fingerprint density at radius 1 is 1.35 bits per heavy atom. The molecule has 0 aromatic heterocycles. The van der Waals surface area contributed by atoms with Crippen molar-refractivity contribution in [2.45, 2.75) is 52.4 Å². The minimum absolute atomic E-state index is 0.733. The van der Waals surface area contributed by atoms with Crippen molar-refractivity contribution >= 4 is 5.96 Å². The smallest absolute Gasteiger partial charge is 0.193 e. The number of guanidine groups is 1. The van der Waals surface area contributed by atoms with Crippen molar-refractivity contribution in [2.24, 2.45) is 10.9 Å². The largest absolute Gasteiger partial charge is 0.357 e. The summed E-state index contributed by atoms with van der Waals surface area (Å²) < 4.78 is 0. The third-order valence-corrected chi connectivity index (χ3v) is 4.51. The highest BCUT2D eigenvalue weighted by Gasteiger charge is 2.21. The van der Waals surface area contributed by atoms with E-state index in [4.69, 9.17) is 4.99 Å². The molecule has 4 heteroatoms. The molecule has 0 aromatic rings. The molecule has 0 amide bonds. The van der Waals surface area contributed by atoms with E-state index < -0.39 is 0 Å². The molecule has 1 N–H and O–H groups in total. The van der Waals surface area contributed by atoms with Crippen molar-refractivity contribution < 1.29 is 0 Å². The molecule has 1 rings (SSSR count). The topological polar surface area (TPSA) is 30.9 Å². The molecule has 134 valence electrons. The minimum atomic E-state index is 0.733. The molecule has 0 aromatic carbocycles. The maximum absolute atomic E-state index is 4.89. The van der Waals surface area contributed by atoms with Gasteiger partial charge in [-0.3, -0.25) is 4.99 Å². The van der Waals surface area contributed by atoms with Crippen molar-refractivity contribution in [2.75, 3.05) is 46.3 Å². The zero-order chi connectivity index (χ0) is 16.9. The fourth-order valence-electron chi connectivity index (χ4n) is 3.19. The van der Waals surface area contributed by atoms with Crippen molar-refractivity contribution in [3.8, 4) is 0 Å². The Hall–Kier alpha value is -1.03. The van der Waals surface area contributed by atoms with Gasteiger partial charge in [0.15, 0.2) is 5.96 Å². The summed E-state index contributed by atoms with van der Waals surface area (Å²) in [4.78, 5) is 9.76. The molecule has 23 heavy (non-hydrogen) atoms. The summed E-state index contributed by atoms with van der Waals surface area (Å²) in [5, 5.41) is 3.44. The van der Waals surface area contributed by atoms with Gasteiger partial charge in [-0.25, -0.2) is 0 Å². The summed E-state index contributed by atoms with van der Waals surface area (Å²) in [5.41, 5.74) is 0. The molecule has 1 fully saturated rings. The Morgan fingerprint density at radius 3 is 2.87 bits per heavy atom. The molecule has 0 aliphatic carbocycles. The van der Waals surface area contributed by atoms with E-state index in [1.807, 2.05) is 6.08 Å². The van der Waals surface area contributed by atoms with Gasteiger partial charge in [-0.15, -0.1) is 6.58 Å². The zero-order valence-electron chi connectivity index (χ0n) is 15.7. The third kappa shape index (κ3) is 8.40. The first-order chi connectivity index (χ1) is 11.2. The van der Waals surface area contributed by atoms with Gasteiger partial charge >= 0.3 is 0 Å². The lowest BCUT2D eigenvalue weighted by Crippen LogP contribution is -2.39. The van der Waals surface area contributed by atoms with E-state index in [9.17, 15) is 0 Å². The normalized spacial score (nSPS) is 19.1. The van der Waals surface area contributed by atoms with Crippen molar-refractivity contribution in [3.05, 3.63) is 12.7 Å². The molecule has 1 unspecified atom stereocenters. The molecule has 1 heterocycles. The van der Waals surface area contributed by atoms with Gasteiger partial charge in [0.05, 0.1) is 0 Å². The number of unbranched alkanes of at least 4 members (excludes halogenated alkanes) is 3. The van der Waals surface area contributed by atoms with Crippen molar-refractivity contribution in [1.82, 2.24) is 15.1 Å². The fourth-order valence-corrected chi connectivity index (χ4v) is 3.19. The maximum atomic E-state index is 4.89. The van der Waals surface area contributed by atoms with E-state index in [0.29, 0.717) is 0 Å². The van der Waals surface area contributed by atoms with Crippen LogP contribution in [0.5, 0.6) is 0 Å². The number of nitrogens with one attached hydrogen (secondary N) is 1. The highest BCUT2D eigenvalue weighted by molar-refractivity contribution is 5.79. The van der Waals surface area contributed by atoms with E-state index in [2.05, 4.69) is 42.6 Å². The van der Waals surface area contributed by atoms with E-state index in [1.165, 1.54) is 51.7 Å². The molecular weight excluding hydrogens is 284 g/mol. The summed E-state index contributed by atoms with van der Waals surface area (Å²) in [6.45, 7) is 14.9. The monoisotopic (exact) mass is 322 g/mol. The van der Waals surface area contributed by atoms with Gasteiger partial charge in [0, 0.05) is 33.2 Å². The van der Waals surface area contributed by atoms with Crippen molar-refractivity contribution in [3.63, 3.8) is 0 Å². The molecule has 1 atom stereocenters. The number of nitrogens with zero attached hydrogens (tertiary/aromatic N) is 3. The lowest BCUT2D eigenvalue weighted by molar-refractivity contribution is 0.326. The van der Waals surface area contributed by atoms with Gasteiger partial charge in [0.25, 0.3) is 0 Å². The predicted molar refractivity (Wildman–Crippen MR) is 102 cm³/mol. The lowest BCUT2D eigenvalue weighted by atomic mass is 10.1. The van der Waals surface area contributed by atoms with Crippen LogP contribution in [0.4, 0.5) is 0 Å². The van der Waals surface area contributed by atoms with Gasteiger partial charge in [-0.05, 0) is 58.0 Å². The Labute approximate surface area is 144 Å². The molecule has 0 saturated carbocycles. The molecule has 0 radical (unpaired) electrons. The summed E-state index contributed by atoms with van der Waals surface area (Å²) in [6, 6.07) is 0. The minimum Gasteiger partial charge on any atom is -0.357 e. The molecule has 0 spiro atoms. The van der Waals surface area contributed by atoms with Gasteiger partial charge in [0.2, 0.25) is 0 Å². The Bertz CT molecular complexity index is 340. The van der Waals surface area contributed by atoms with Crippen LogP contribution in [0.25, 0.3) is 0 Å². The predicted octanol–water partition coefficient (Wildman–Crippen LogP) is 3.36. The molecule has 1 saturated heterocycles. The molecule has 0 bridgehead atoms. The highest BCUT2D eigenvalue weighted by atomic mass is 15.3. The zero-order valence-corrected chi connectivity index (χ0v) is 15.7. The van der Waals surface area contributed by atoms with Crippen LogP contribution in [0.3, 0.4) is 0 Å². The van der Waals surface area contributed by atoms with E-state index >= 15 is 0 Å². The standard InChI is InChI=1S/C19H38N4/c1-5-8-9-10-11-14-22(4)19(20-7-3)21-16-18-12-15-23(17-18)13-6-2/h5,18H,1,6-17H2,2-4H3,(H,20,21). The van der Waals surface area contributed by atoms with Crippen LogP contribution >= 0.6 is 0 Å². The first-order valence-corrected chi connectivity index (χ1v) is 9.53. The van der Waals surface area contributed by atoms with E-state index in [1.54, 1.807) is 0 Å². The Morgan fingerprint density at radius 2 is 2.17 bits per heavy atom. The van der Waals surface area contributed by atoms with E-state index in [0.717, 1.165) is 37.9 Å². The van der Waals surface area contributed by atoms with Crippen LogP contribution in [0.1, 0.15) is 52.4 Å². The maximum Gasteiger partial charge on any atom is 0.193 e. The second-order valence-electron chi connectivity index (χ2n) is 6.71. The first-order valence-electron chi connectivity index (χ1n) is 9.53. The number of allylic oxidation sites excluding steroid dienone is 1. The molecule has 4 nitrogen and oxygen atoms in total. The third-order valence-electron chi connectivity index (χ3n) is 4.51. The van der Waals surface area contributed by atoms with Crippen LogP contribution < -0.4 is 5.32 Å². The van der Waals surface area contributed by atoms with Gasteiger partial charge in [-0.2, -0.15) is 0 Å². The van der Waals surface area contributed by atoms with Crippen molar-refractivity contribution in [1.29, 1.82) is 0 Å². The highest BCUT2D eigenvalue weighted by Crippen LogP contribution is 2.16. The number of hydrogen-bond donors (Lipinski definition) is 1. The molecule has 1 aliphatic heterocycles. The number of hydrogen-bond acceptors (Lipinski definition) is 2. The SMILES string of the molecule is C=CCCCCCN(C)C(=NCC1CCN(CCC)C1)NCC. The second-order valence-corrected chi connectivity index (χ2v) is 6.71. The van der Waals surface area contributed by atoms with E-state index in [-0.39, 0.29) is 0 Å².